The Bertz CT molecular complexity index is 1580. The van der Waals surface area contributed by atoms with E-state index in [2.05, 4.69) is 24.7 Å². The number of fused-ring (bicyclic) bond motifs is 1. The number of pyridine rings is 1. The number of sulfonamides is 1. The molecule has 0 fully saturated rings. The van der Waals surface area contributed by atoms with Gasteiger partial charge in [-0.1, -0.05) is 35.9 Å². The molecule has 170 valence electrons. The number of nitrogens with one attached hydrogen (secondary N) is 1. The van der Waals surface area contributed by atoms with E-state index in [0.717, 1.165) is 15.4 Å². The van der Waals surface area contributed by atoms with E-state index >= 15 is 0 Å². The fourth-order valence-electron chi connectivity index (χ4n) is 3.13. The van der Waals surface area contributed by atoms with E-state index in [9.17, 15) is 8.42 Å². The third-order valence-corrected chi connectivity index (χ3v) is 7.57. The molecule has 0 bridgehead atoms. The Morgan fingerprint density at radius 2 is 1.71 bits per heavy atom. The molecule has 2 aromatic carbocycles. The van der Waals surface area contributed by atoms with Crippen molar-refractivity contribution < 1.29 is 13.2 Å². The number of halogens is 1. The molecule has 0 saturated carbocycles. The first-order valence-electron chi connectivity index (χ1n) is 10.0. The van der Waals surface area contributed by atoms with Crippen LogP contribution in [0.15, 0.2) is 84.1 Å². The van der Waals surface area contributed by atoms with Gasteiger partial charge in [0.15, 0.2) is 0 Å². The van der Waals surface area contributed by atoms with Crippen LogP contribution < -0.4 is 9.46 Å². The third-order valence-electron chi connectivity index (χ3n) is 4.71. The molecule has 3 aromatic heterocycles. The first kappa shape index (κ1) is 22.2. The molecule has 0 aliphatic rings. The maximum Gasteiger partial charge on any atom is 0.264 e. The second-order valence-electron chi connectivity index (χ2n) is 7.06. The molecule has 0 amide bonds. The standard InChI is InChI=1S/C23H16ClN5O3S2/c24-17-7-1-4-10-20(17)34(30,31)29-21-22(28-19-9-3-2-8-18(19)27-21)32-14-16-13-26-23(33-16)15-6-5-11-25-12-15/h1-13H,14H2,(H,27,29). The van der Waals surface area contributed by atoms with Crippen LogP contribution in [0.2, 0.25) is 5.02 Å². The Kier molecular flexibility index (Phi) is 6.10. The maximum atomic E-state index is 13.0. The molecule has 0 saturated heterocycles. The summed E-state index contributed by atoms with van der Waals surface area (Å²) in [5, 5.41) is 0.898. The topological polar surface area (TPSA) is 107 Å². The van der Waals surface area contributed by atoms with Crippen molar-refractivity contribution in [2.24, 2.45) is 0 Å². The SMILES string of the molecule is O=S(=O)(Nc1nc2ccccc2nc1OCc1cnc(-c2cccnc2)s1)c1ccccc1Cl. The predicted molar refractivity (Wildman–Crippen MR) is 131 cm³/mol. The number of aromatic nitrogens is 4. The summed E-state index contributed by atoms with van der Waals surface area (Å²) in [6.07, 6.45) is 5.14. The molecular weight excluding hydrogens is 494 g/mol. The summed E-state index contributed by atoms with van der Waals surface area (Å²) in [6.45, 7) is 0.131. The fraction of sp³-hybridized carbons (Fsp3) is 0.0435. The number of thiazole rings is 1. The number of para-hydroxylation sites is 2. The zero-order valence-corrected chi connectivity index (χ0v) is 19.8. The lowest BCUT2D eigenvalue weighted by molar-refractivity contribution is 0.299. The highest BCUT2D eigenvalue weighted by Crippen LogP contribution is 2.30. The minimum absolute atomic E-state index is 0.0318. The highest BCUT2D eigenvalue weighted by atomic mass is 35.5. The first-order chi connectivity index (χ1) is 16.5. The molecule has 0 aliphatic heterocycles. The van der Waals surface area contributed by atoms with Gasteiger partial charge in [-0.3, -0.25) is 9.71 Å². The minimum Gasteiger partial charge on any atom is -0.469 e. The van der Waals surface area contributed by atoms with Crippen LogP contribution in [0.5, 0.6) is 5.88 Å². The molecule has 0 aliphatic carbocycles. The number of hydrogen-bond acceptors (Lipinski definition) is 8. The summed E-state index contributed by atoms with van der Waals surface area (Å²) < 4.78 is 34.4. The number of hydrogen-bond donors (Lipinski definition) is 1. The van der Waals surface area contributed by atoms with Crippen LogP contribution >= 0.6 is 22.9 Å². The summed E-state index contributed by atoms with van der Waals surface area (Å²) in [5.41, 5.74) is 1.99. The van der Waals surface area contributed by atoms with Crippen molar-refractivity contribution in [2.75, 3.05) is 4.72 Å². The minimum atomic E-state index is -4.03. The van der Waals surface area contributed by atoms with Crippen LogP contribution in [0, 0.1) is 0 Å². The zero-order valence-electron chi connectivity index (χ0n) is 17.4. The predicted octanol–water partition coefficient (Wildman–Crippen LogP) is 5.18. The van der Waals surface area contributed by atoms with Crippen molar-refractivity contribution in [3.8, 4) is 16.5 Å². The van der Waals surface area contributed by atoms with Crippen molar-refractivity contribution in [1.82, 2.24) is 19.9 Å². The maximum absolute atomic E-state index is 13.0. The van der Waals surface area contributed by atoms with E-state index in [0.29, 0.717) is 11.0 Å². The van der Waals surface area contributed by atoms with Crippen LogP contribution in [0.25, 0.3) is 21.6 Å². The highest BCUT2D eigenvalue weighted by Gasteiger charge is 2.22. The van der Waals surface area contributed by atoms with Crippen molar-refractivity contribution in [1.29, 1.82) is 0 Å². The van der Waals surface area contributed by atoms with Gasteiger partial charge in [0.25, 0.3) is 15.9 Å². The molecule has 0 radical (unpaired) electrons. The molecule has 11 heteroatoms. The number of rotatable bonds is 7. The molecule has 5 rings (SSSR count). The van der Waals surface area contributed by atoms with Crippen molar-refractivity contribution in [3.05, 3.63) is 89.2 Å². The first-order valence-corrected chi connectivity index (χ1v) is 12.7. The number of nitrogens with zero attached hydrogens (tertiary/aromatic N) is 4. The van der Waals surface area contributed by atoms with Gasteiger partial charge in [0, 0.05) is 24.2 Å². The van der Waals surface area contributed by atoms with Crippen LogP contribution in [0.3, 0.4) is 0 Å². The average molecular weight is 510 g/mol. The Morgan fingerprint density at radius 3 is 2.47 bits per heavy atom. The molecule has 0 spiro atoms. The lowest BCUT2D eigenvalue weighted by Gasteiger charge is -2.13. The van der Waals surface area contributed by atoms with E-state index in [1.165, 1.54) is 23.5 Å². The Labute approximate surface area is 204 Å². The van der Waals surface area contributed by atoms with Gasteiger partial charge >= 0.3 is 0 Å². The zero-order chi connectivity index (χ0) is 23.5. The van der Waals surface area contributed by atoms with Gasteiger partial charge in [-0.2, -0.15) is 0 Å². The molecule has 8 nitrogen and oxygen atoms in total. The van der Waals surface area contributed by atoms with Crippen molar-refractivity contribution in [2.45, 2.75) is 11.5 Å². The average Bonchev–Trinajstić information content (AvgIpc) is 3.32. The Balaban J connectivity index is 1.45. The summed E-state index contributed by atoms with van der Waals surface area (Å²) in [5.74, 6) is 0.0151. The van der Waals surface area contributed by atoms with E-state index in [-0.39, 0.29) is 28.2 Å². The van der Waals surface area contributed by atoms with Gasteiger partial charge in [0.1, 0.15) is 16.5 Å². The normalized spacial score (nSPS) is 11.4. The summed E-state index contributed by atoms with van der Waals surface area (Å²) in [7, 11) is -4.03. The van der Waals surface area contributed by atoms with Gasteiger partial charge in [-0.05, 0) is 36.4 Å². The lowest BCUT2D eigenvalue weighted by atomic mass is 10.3. The Hall–Kier alpha value is -3.60. The molecule has 5 aromatic rings. The van der Waals surface area contributed by atoms with Gasteiger partial charge < -0.3 is 4.74 Å². The third kappa shape index (κ3) is 4.69. The monoisotopic (exact) mass is 509 g/mol. The number of anilines is 1. The van der Waals surface area contributed by atoms with Crippen LogP contribution in [-0.4, -0.2) is 28.4 Å². The van der Waals surface area contributed by atoms with Crippen LogP contribution in [0.1, 0.15) is 4.88 Å². The van der Waals surface area contributed by atoms with Crippen molar-refractivity contribution >= 4 is 49.8 Å². The molecule has 0 atom stereocenters. The number of ether oxygens (including phenoxy) is 1. The largest absolute Gasteiger partial charge is 0.469 e. The van der Waals surface area contributed by atoms with Crippen LogP contribution in [-0.2, 0) is 16.6 Å². The summed E-state index contributed by atoms with van der Waals surface area (Å²) in [6, 6.07) is 17.0. The van der Waals surface area contributed by atoms with Crippen molar-refractivity contribution in [3.63, 3.8) is 0 Å². The molecular formula is C23H16ClN5O3S2. The van der Waals surface area contributed by atoms with Crippen LogP contribution in [0.4, 0.5) is 5.82 Å². The molecule has 34 heavy (non-hydrogen) atoms. The lowest BCUT2D eigenvalue weighted by Crippen LogP contribution is -2.16. The smallest absolute Gasteiger partial charge is 0.264 e. The second-order valence-corrected chi connectivity index (χ2v) is 10.2. The van der Waals surface area contributed by atoms with Gasteiger partial charge in [0.2, 0.25) is 5.82 Å². The molecule has 0 unspecified atom stereocenters. The summed E-state index contributed by atoms with van der Waals surface area (Å²) in [4.78, 5) is 18.2. The van der Waals surface area contributed by atoms with E-state index in [4.69, 9.17) is 16.3 Å². The quantitative estimate of drug-likeness (QED) is 0.322. The number of benzene rings is 2. The molecule has 3 heterocycles. The van der Waals surface area contributed by atoms with Gasteiger partial charge in [-0.15, -0.1) is 11.3 Å². The van der Waals surface area contributed by atoms with E-state index in [1.54, 1.807) is 48.9 Å². The molecule has 1 N–H and O–H groups in total. The second kappa shape index (κ2) is 9.34. The summed E-state index contributed by atoms with van der Waals surface area (Å²) >= 11 is 7.55. The van der Waals surface area contributed by atoms with E-state index < -0.39 is 10.0 Å². The van der Waals surface area contributed by atoms with Gasteiger partial charge in [-0.25, -0.2) is 23.4 Å². The van der Waals surface area contributed by atoms with E-state index in [1.807, 2.05) is 18.2 Å². The van der Waals surface area contributed by atoms with Gasteiger partial charge in [0.05, 0.1) is 20.9 Å². The fourth-order valence-corrected chi connectivity index (χ4v) is 5.47. The highest BCUT2D eigenvalue weighted by molar-refractivity contribution is 7.92. The Morgan fingerprint density at radius 1 is 0.941 bits per heavy atom.